The van der Waals surface area contributed by atoms with Crippen molar-refractivity contribution in [3.63, 3.8) is 0 Å². The lowest BCUT2D eigenvalue weighted by Crippen LogP contribution is -2.22. The van der Waals surface area contributed by atoms with Crippen LogP contribution >= 0.6 is 0 Å². The summed E-state index contributed by atoms with van der Waals surface area (Å²) in [6.45, 7) is 1.46. The Bertz CT molecular complexity index is 1000. The van der Waals surface area contributed by atoms with Gasteiger partial charge in [-0.1, -0.05) is 18.2 Å². The minimum absolute atomic E-state index is 0.0299. The Morgan fingerprint density at radius 1 is 0.833 bits per heavy atom. The van der Waals surface area contributed by atoms with Crippen LogP contribution in [0.5, 0.6) is 17.2 Å². The van der Waals surface area contributed by atoms with Gasteiger partial charge < -0.3 is 25.4 Å². The molecule has 3 rings (SSSR count). The summed E-state index contributed by atoms with van der Waals surface area (Å²) in [7, 11) is 1.54. The van der Waals surface area contributed by atoms with Crippen molar-refractivity contribution in [2.24, 2.45) is 0 Å². The number of ether oxygens (including phenoxy) is 2. The van der Waals surface area contributed by atoms with Crippen LogP contribution < -0.4 is 25.4 Å². The van der Waals surface area contributed by atoms with Gasteiger partial charge in [0.1, 0.15) is 17.2 Å². The largest absolute Gasteiger partial charge is 0.495 e. The average Bonchev–Trinajstić information content (AvgIpc) is 2.74. The molecule has 0 atom stereocenters. The summed E-state index contributed by atoms with van der Waals surface area (Å²) in [5.41, 5.74) is 1.87. The second kappa shape index (κ2) is 9.97. The molecule has 0 radical (unpaired) electrons. The SMILES string of the molecule is COc1ccc(NC(C)=O)cc1NCC(=O)Nc1ccc(Oc2ccccc2)cc1. The van der Waals surface area contributed by atoms with E-state index in [1.54, 1.807) is 42.5 Å². The van der Waals surface area contributed by atoms with E-state index >= 15 is 0 Å². The maximum atomic E-state index is 12.3. The van der Waals surface area contributed by atoms with E-state index in [1.165, 1.54) is 14.0 Å². The van der Waals surface area contributed by atoms with Crippen LogP contribution in [0.25, 0.3) is 0 Å². The molecule has 7 nitrogen and oxygen atoms in total. The second-order valence-corrected chi connectivity index (χ2v) is 6.44. The first-order valence-electron chi connectivity index (χ1n) is 9.36. The van der Waals surface area contributed by atoms with Crippen LogP contribution in [-0.4, -0.2) is 25.5 Å². The lowest BCUT2D eigenvalue weighted by Gasteiger charge is -2.13. The number of hydrogen-bond donors (Lipinski definition) is 3. The lowest BCUT2D eigenvalue weighted by atomic mass is 10.2. The van der Waals surface area contributed by atoms with Gasteiger partial charge >= 0.3 is 0 Å². The fraction of sp³-hybridized carbons (Fsp3) is 0.130. The standard InChI is InChI=1S/C23H23N3O4/c1-16(27)25-18-10-13-22(29-2)21(14-18)24-15-23(28)26-17-8-11-20(12-9-17)30-19-6-4-3-5-7-19/h3-14,24H,15H2,1-2H3,(H,25,27)(H,26,28). The van der Waals surface area contributed by atoms with Crippen molar-refractivity contribution in [1.82, 2.24) is 0 Å². The molecule has 0 saturated heterocycles. The van der Waals surface area contributed by atoms with Gasteiger partial charge in [-0.2, -0.15) is 0 Å². The zero-order chi connectivity index (χ0) is 21.3. The molecule has 7 heteroatoms. The summed E-state index contributed by atoms with van der Waals surface area (Å²) in [5, 5.41) is 8.55. The van der Waals surface area contributed by atoms with E-state index in [1.807, 2.05) is 30.3 Å². The second-order valence-electron chi connectivity index (χ2n) is 6.44. The molecule has 3 aromatic carbocycles. The molecule has 0 aromatic heterocycles. The first-order valence-corrected chi connectivity index (χ1v) is 9.36. The maximum Gasteiger partial charge on any atom is 0.243 e. The number of para-hydroxylation sites is 1. The van der Waals surface area contributed by atoms with E-state index in [-0.39, 0.29) is 18.4 Å². The third kappa shape index (κ3) is 6.00. The molecule has 0 unspecified atom stereocenters. The molecular weight excluding hydrogens is 382 g/mol. The molecule has 0 saturated carbocycles. The summed E-state index contributed by atoms with van der Waals surface area (Å²) < 4.78 is 11.0. The highest BCUT2D eigenvalue weighted by Gasteiger charge is 2.08. The molecule has 0 heterocycles. The average molecular weight is 405 g/mol. The van der Waals surface area contributed by atoms with Crippen molar-refractivity contribution in [3.8, 4) is 17.2 Å². The van der Waals surface area contributed by atoms with Crippen molar-refractivity contribution in [2.75, 3.05) is 29.6 Å². The van der Waals surface area contributed by atoms with Crippen molar-refractivity contribution < 1.29 is 19.1 Å². The summed E-state index contributed by atoms with van der Waals surface area (Å²) in [4.78, 5) is 23.5. The first-order chi connectivity index (χ1) is 14.5. The van der Waals surface area contributed by atoms with Crippen LogP contribution in [0.4, 0.5) is 17.1 Å². The minimum Gasteiger partial charge on any atom is -0.495 e. The molecule has 3 N–H and O–H groups in total. The number of carbonyl (C=O) groups excluding carboxylic acids is 2. The number of anilines is 3. The van der Waals surface area contributed by atoms with E-state index in [4.69, 9.17) is 9.47 Å². The van der Waals surface area contributed by atoms with Crippen LogP contribution in [0.1, 0.15) is 6.92 Å². The summed E-state index contributed by atoms with van der Waals surface area (Å²) >= 11 is 0. The number of methoxy groups -OCH3 is 1. The first kappa shape index (κ1) is 20.7. The maximum absolute atomic E-state index is 12.3. The highest BCUT2D eigenvalue weighted by molar-refractivity contribution is 5.94. The minimum atomic E-state index is -0.223. The third-order valence-corrected chi connectivity index (χ3v) is 4.08. The van der Waals surface area contributed by atoms with Gasteiger partial charge in [0.25, 0.3) is 0 Å². The zero-order valence-corrected chi connectivity index (χ0v) is 16.8. The van der Waals surface area contributed by atoms with E-state index < -0.39 is 0 Å². The number of amides is 2. The quantitative estimate of drug-likeness (QED) is 0.514. The fourth-order valence-corrected chi connectivity index (χ4v) is 2.74. The Balaban J connectivity index is 1.56. The third-order valence-electron chi connectivity index (χ3n) is 4.08. The Labute approximate surface area is 175 Å². The molecule has 0 spiro atoms. The van der Waals surface area contributed by atoms with Gasteiger partial charge in [-0.25, -0.2) is 0 Å². The number of rotatable bonds is 8. The highest BCUT2D eigenvalue weighted by atomic mass is 16.5. The number of nitrogens with one attached hydrogen (secondary N) is 3. The van der Waals surface area contributed by atoms with Crippen molar-refractivity contribution in [1.29, 1.82) is 0 Å². The monoisotopic (exact) mass is 405 g/mol. The summed E-state index contributed by atoms with van der Waals surface area (Å²) in [6, 6.07) is 21.7. The normalized spacial score (nSPS) is 10.1. The zero-order valence-electron chi connectivity index (χ0n) is 16.8. The van der Waals surface area contributed by atoms with Crippen molar-refractivity contribution >= 4 is 28.9 Å². The molecule has 154 valence electrons. The molecule has 0 aliphatic heterocycles. The van der Waals surface area contributed by atoms with E-state index in [0.717, 1.165) is 5.75 Å². The van der Waals surface area contributed by atoms with Crippen LogP contribution in [0, 0.1) is 0 Å². The molecule has 3 aromatic rings. The molecule has 0 aliphatic carbocycles. The fourth-order valence-electron chi connectivity index (χ4n) is 2.74. The predicted molar refractivity (Wildman–Crippen MR) is 117 cm³/mol. The number of carbonyl (C=O) groups is 2. The van der Waals surface area contributed by atoms with Crippen LogP contribution in [0.3, 0.4) is 0 Å². The number of benzene rings is 3. The summed E-state index contributed by atoms with van der Waals surface area (Å²) in [5.74, 6) is 1.59. The number of hydrogen-bond acceptors (Lipinski definition) is 5. The molecule has 2 amide bonds. The van der Waals surface area contributed by atoms with Crippen LogP contribution in [0.2, 0.25) is 0 Å². The van der Waals surface area contributed by atoms with Gasteiger partial charge in [0.2, 0.25) is 11.8 Å². The van der Waals surface area contributed by atoms with E-state index in [2.05, 4.69) is 16.0 Å². The topological polar surface area (TPSA) is 88.7 Å². The van der Waals surface area contributed by atoms with Gasteiger partial charge in [-0.3, -0.25) is 9.59 Å². The van der Waals surface area contributed by atoms with E-state index in [0.29, 0.717) is 28.6 Å². The Kier molecular flexibility index (Phi) is 6.89. The Morgan fingerprint density at radius 2 is 1.50 bits per heavy atom. The molecule has 30 heavy (non-hydrogen) atoms. The van der Waals surface area contributed by atoms with Crippen LogP contribution in [0.15, 0.2) is 72.8 Å². The molecule has 0 fully saturated rings. The smallest absolute Gasteiger partial charge is 0.243 e. The van der Waals surface area contributed by atoms with E-state index in [9.17, 15) is 9.59 Å². The molecule has 0 bridgehead atoms. The van der Waals surface area contributed by atoms with Gasteiger partial charge in [-0.05, 0) is 54.6 Å². The summed E-state index contributed by atoms with van der Waals surface area (Å²) in [6.07, 6.45) is 0. The molecular formula is C23H23N3O4. The van der Waals surface area contributed by atoms with Gasteiger partial charge in [0.05, 0.1) is 19.3 Å². The van der Waals surface area contributed by atoms with Gasteiger partial charge in [-0.15, -0.1) is 0 Å². The van der Waals surface area contributed by atoms with Gasteiger partial charge in [0.15, 0.2) is 0 Å². The Hall–Kier alpha value is -4.00. The van der Waals surface area contributed by atoms with Crippen LogP contribution in [-0.2, 0) is 9.59 Å². The predicted octanol–water partition coefficient (Wildman–Crippen LogP) is 4.50. The van der Waals surface area contributed by atoms with Crippen molar-refractivity contribution in [3.05, 3.63) is 72.8 Å². The molecule has 0 aliphatic rings. The lowest BCUT2D eigenvalue weighted by molar-refractivity contribution is -0.115. The van der Waals surface area contributed by atoms with Crippen molar-refractivity contribution in [2.45, 2.75) is 6.92 Å². The van der Waals surface area contributed by atoms with Gasteiger partial charge in [0, 0.05) is 18.3 Å². The highest BCUT2D eigenvalue weighted by Crippen LogP contribution is 2.28. The Morgan fingerprint density at radius 3 is 2.17 bits per heavy atom.